The Hall–Kier alpha value is -3.60. The van der Waals surface area contributed by atoms with Gasteiger partial charge in [-0.3, -0.25) is 4.98 Å². The Balaban J connectivity index is 1.82. The summed E-state index contributed by atoms with van der Waals surface area (Å²) in [6.07, 6.45) is 2.97. The summed E-state index contributed by atoms with van der Waals surface area (Å²) in [6.45, 7) is 6.89. The lowest BCUT2D eigenvalue weighted by molar-refractivity contribution is 0.0687. The van der Waals surface area contributed by atoms with Crippen molar-refractivity contribution in [2.24, 2.45) is 0 Å². The van der Waals surface area contributed by atoms with Gasteiger partial charge in [-0.05, 0) is 51.5 Å². The second-order valence-electron chi connectivity index (χ2n) is 8.69. The Morgan fingerprint density at radius 3 is 2.53 bits per heavy atom. The minimum absolute atomic E-state index is 0.182. The molecule has 0 saturated heterocycles. The summed E-state index contributed by atoms with van der Waals surface area (Å²) in [7, 11) is 0. The summed E-state index contributed by atoms with van der Waals surface area (Å²) in [4.78, 5) is 12.9. The fourth-order valence-corrected chi connectivity index (χ4v) is 3.91. The highest BCUT2D eigenvalue weighted by atomic mass is 35.5. The summed E-state index contributed by atoms with van der Waals surface area (Å²) >= 11 is 6.65. The molecule has 0 aliphatic heterocycles. The van der Waals surface area contributed by atoms with Crippen molar-refractivity contribution < 1.29 is 9.50 Å². The van der Waals surface area contributed by atoms with Crippen LogP contribution in [-0.4, -0.2) is 20.1 Å². The van der Waals surface area contributed by atoms with Crippen LogP contribution in [0.4, 0.5) is 10.1 Å². The van der Waals surface area contributed by atoms with Crippen molar-refractivity contribution in [3.63, 3.8) is 0 Å². The number of benzene rings is 2. The fourth-order valence-electron chi connectivity index (χ4n) is 3.71. The second kappa shape index (κ2) is 8.98. The van der Waals surface area contributed by atoms with Crippen molar-refractivity contribution in [3.05, 3.63) is 82.3 Å². The van der Waals surface area contributed by atoms with Crippen molar-refractivity contribution in [1.82, 2.24) is 15.0 Å². The molecule has 1 atom stereocenters. The first kappa shape index (κ1) is 23.6. The topological polar surface area (TPSA) is 94.7 Å². The number of halogens is 2. The van der Waals surface area contributed by atoms with Gasteiger partial charge in [-0.1, -0.05) is 23.7 Å². The van der Waals surface area contributed by atoms with E-state index in [1.807, 2.05) is 25.1 Å². The minimum atomic E-state index is -1.20. The summed E-state index contributed by atoms with van der Waals surface area (Å²) in [6, 6.07) is 12.3. The molecule has 0 amide bonds. The van der Waals surface area contributed by atoms with E-state index in [2.05, 4.69) is 26.3 Å². The van der Waals surface area contributed by atoms with Crippen molar-refractivity contribution in [1.29, 1.82) is 5.26 Å². The number of hydrogen-bond donors (Lipinski definition) is 2. The lowest BCUT2D eigenvalue weighted by Crippen LogP contribution is -2.19. The predicted molar refractivity (Wildman–Crippen MR) is 131 cm³/mol. The summed E-state index contributed by atoms with van der Waals surface area (Å²) in [5.74, 6) is -0.226. The van der Waals surface area contributed by atoms with Crippen LogP contribution in [0.15, 0.2) is 48.8 Å². The number of nitrogens with zero attached hydrogens (tertiary/aromatic N) is 4. The number of aryl methyl sites for hydroxylation is 1. The van der Waals surface area contributed by atoms with E-state index in [4.69, 9.17) is 11.6 Å². The zero-order chi connectivity index (χ0) is 24.6. The SMILES string of the molecule is Cc1nc2cc(F)c(-c3cnc(C(C)(C)O)nc3)cc2c(NC(C)c2cccc(C#N)c2)c1Cl. The minimum Gasteiger partial charge on any atom is -0.382 e. The van der Waals surface area contributed by atoms with Crippen LogP contribution in [0.2, 0.25) is 5.02 Å². The first-order valence-corrected chi connectivity index (χ1v) is 11.1. The van der Waals surface area contributed by atoms with Gasteiger partial charge in [0.05, 0.1) is 33.6 Å². The Morgan fingerprint density at radius 2 is 1.88 bits per heavy atom. The molecule has 172 valence electrons. The smallest absolute Gasteiger partial charge is 0.159 e. The fraction of sp³-hybridized carbons (Fsp3) is 0.231. The number of anilines is 1. The van der Waals surface area contributed by atoms with Crippen LogP contribution in [0.25, 0.3) is 22.0 Å². The summed E-state index contributed by atoms with van der Waals surface area (Å²) in [5.41, 5.74) is 2.67. The Labute approximate surface area is 202 Å². The van der Waals surface area contributed by atoms with E-state index >= 15 is 4.39 Å². The molecule has 34 heavy (non-hydrogen) atoms. The lowest BCUT2D eigenvalue weighted by Gasteiger charge is -2.20. The first-order chi connectivity index (χ1) is 16.1. The molecule has 2 aromatic heterocycles. The molecule has 6 nitrogen and oxygen atoms in total. The van der Waals surface area contributed by atoms with Gasteiger partial charge < -0.3 is 10.4 Å². The van der Waals surface area contributed by atoms with Crippen molar-refractivity contribution >= 4 is 28.2 Å². The number of fused-ring (bicyclic) bond motifs is 1. The molecule has 0 aliphatic rings. The molecule has 1 unspecified atom stereocenters. The first-order valence-electron chi connectivity index (χ1n) is 10.7. The van der Waals surface area contributed by atoms with E-state index in [-0.39, 0.29) is 11.9 Å². The standard InChI is InChI=1S/C26H23ClFN5O/c1-14(17-7-5-6-16(8-17)11-29)33-24-20-9-19(18-12-30-25(31-13-18)26(3,4)34)21(28)10-22(20)32-15(2)23(24)27/h5-10,12-14,34H,1-4H3,(H,32,33). The van der Waals surface area contributed by atoms with Gasteiger partial charge in [0.2, 0.25) is 0 Å². The van der Waals surface area contributed by atoms with Crippen LogP contribution in [0.5, 0.6) is 0 Å². The summed E-state index contributed by atoms with van der Waals surface area (Å²) in [5, 5.41) is 23.8. The number of aliphatic hydroxyl groups is 1. The number of rotatable bonds is 5. The van der Waals surface area contributed by atoms with E-state index < -0.39 is 11.4 Å². The van der Waals surface area contributed by atoms with Crippen LogP contribution in [0, 0.1) is 24.1 Å². The molecule has 2 heterocycles. The number of nitrogens with one attached hydrogen (secondary N) is 1. The summed E-state index contributed by atoms with van der Waals surface area (Å²) < 4.78 is 15.1. The van der Waals surface area contributed by atoms with Gasteiger partial charge in [0.15, 0.2) is 5.82 Å². The second-order valence-corrected chi connectivity index (χ2v) is 9.07. The molecule has 0 saturated carbocycles. The maximum Gasteiger partial charge on any atom is 0.159 e. The Bertz CT molecular complexity index is 1420. The third-order valence-corrected chi connectivity index (χ3v) is 6.03. The van der Waals surface area contributed by atoms with E-state index in [1.165, 1.54) is 18.5 Å². The predicted octanol–water partition coefficient (Wildman–Crippen LogP) is 6.06. The maximum absolute atomic E-state index is 15.1. The lowest BCUT2D eigenvalue weighted by atomic mass is 10.0. The molecule has 0 bridgehead atoms. The monoisotopic (exact) mass is 475 g/mol. The molecule has 0 spiro atoms. The molecule has 2 N–H and O–H groups in total. The third kappa shape index (κ3) is 4.56. The highest BCUT2D eigenvalue weighted by Gasteiger charge is 2.21. The van der Waals surface area contributed by atoms with E-state index in [9.17, 15) is 10.4 Å². The average molecular weight is 476 g/mol. The Kier molecular flexibility index (Phi) is 6.22. The molecular weight excluding hydrogens is 453 g/mol. The van der Waals surface area contributed by atoms with Gasteiger partial charge in [-0.2, -0.15) is 5.26 Å². The van der Waals surface area contributed by atoms with Crippen LogP contribution in [-0.2, 0) is 5.60 Å². The number of hydrogen-bond acceptors (Lipinski definition) is 6. The van der Waals surface area contributed by atoms with Crippen molar-refractivity contribution in [2.45, 2.75) is 39.3 Å². The molecule has 0 aliphatic carbocycles. The van der Waals surface area contributed by atoms with E-state index in [0.717, 1.165) is 5.56 Å². The maximum atomic E-state index is 15.1. The van der Waals surface area contributed by atoms with E-state index in [1.54, 1.807) is 32.9 Å². The van der Waals surface area contributed by atoms with Crippen LogP contribution < -0.4 is 5.32 Å². The van der Waals surface area contributed by atoms with Gasteiger partial charge in [0.25, 0.3) is 0 Å². The molecule has 8 heteroatoms. The van der Waals surface area contributed by atoms with Gasteiger partial charge in [0.1, 0.15) is 11.4 Å². The zero-order valence-corrected chi connectivity index (χ0v) is 19.9. The largest absolute Gasteiger partial charge is 0.382 e. The normalized spacial score (nSPS) is 12.4. The molecule has 2 aromatic carbocycles. The molecule has 4 aromatic rings. The van der Waals surface area contributed by atoms with Gasteiger partial charge in [-0.15, -0.1) is 0 Å². The van der Waals surface area contributed by atoms with Crippen LogP contribution in [0.1, 0.15) is 49.5 Å². The molecule has 0 radical (unpaired) electrons. The Morgan fingerprint density at radius 1 is 1.18 bits per heavy atom. The highest BCUT2D eigenvalue weighted by molar-refractivity contribution is 6.35. The number of aromatic nitrogens is 3. The third-order valence-electron chi connectivity index (χ3n) is 5.57. The van der Waals surface area contributed by atoms with Crippen molar-refractivity contribution in [2.75, 3.05) is 5.32 Å². The van der Waals surface area contributed by atoms with Crippen molar-refractivity contribution in [3.8, 4) is 17.2 Å². The molecular formula is C26H23ClFN5O. The molecule has 0 fully saturated rings. The number of nitriles is 1. The van der Waals surface area contributed by atoms with Crippen LogP contribution in [0.3, 0.4) is 0 Å². The van der Waals surface area contributed by atoms with Gasteiger partial charge in [0, 0.05) is 41.0 Å². The van der Waals surface area contributed by atoms with Gasteiger partial charge in [-0.25, -0.2) is 14.4 Å². The van der Waals surface area contributed by atoms with Gasteiger partial charge >= 0.3 is 0 Å². The number of pyridine rings is 1. The van der Waals surface area contributed by atoms with Crippen LogP contribution >= 0.6 is 11.6 Å². The zero-order valence-electron chi connectivity index (χ0n) is 19.2. The highest BCUT2D eigenvalue weighted by Crippen LogP contribution is 2.38. The average Bonchev–Trinajstić information content (AvgIpc) is 2.81. The molecule has 4 rings (SSSR count). The quantitative estimate of drug-likeness (QED) is 0.364. The van der Waals surface area contributed by atoms with E-state index in [0.29, 0.717) is 44.0 Å².